The molecule has 0 saturated heterocycles. The maximum absolute atomic E-state index is 11.0. The van der Waals surface area contributed by atoms with Crippen LogP contribution in [-0.4, -0.2) is 24.3 Å². The van der Waals surface area contributed by atoms with E-state index in [1.807, 2.05) is 30.3 Å². The summed E-state index contributed by atoms with van der Waals surface area (Å²) in [5.74, 6) is -0.281. The van der Waals surface area contributed by atoms with Crippen molar-refractivity contribution in [2.75, 3.05) is 13.2 Å². The number of ether oxygens (including phenoxy) is 2. The maximum atomic E-state index is 11.0. The number of esters is 1. The number of hydrogen-bond acceptors (Lipinski definition) is 4. The van der Waals surface area contributed by atoms with E-state index in [1.165, 1.54) is 6.08 Å². The van der Waals surface area contributed by atoms with Gasteiger partial charge in [0.1, 0.15) is 5.75 Å². The van der Waals surface area contributed by atoms with Crippen LogP contribution in [0.4, 0.5) is 0 Å². The topological polar surface area (TPSA) is 55.8 Å². The summed E-state index contributed by atoms with van der Waals surface area (Å²) in [4.78, 5) is 11.0. The number of aliphatic hydroxyl groups is 1. The monoisotopic (exact) mass is 236 g/mol. The molecule has 4 nitrogen and oxygen atoms in total. The van der Waals surface area contributed by atoms with Crippen LogP contribution < -0.4 is 4.74 Å². The van der Waals surface area contributed by atoms with Crippen LogP contribution >= 0.6 is 0 Å². The average molecular weight is 236 g/mol. The molecule has 4 heteroatoms. The van der Waals surface area contributed by atoms with Crippen molar-refractivity contribution >= 4 is 5.97 Å². The fraction of sp³-hybridized carbons (Fsp3) is 0.308. The average Bonchev–Trinajstić information content (AvgIpc) is 2.38. The van der Waals surface area contributed by atoms with Gasteiger partial charge in [-0.25, -0.2) is 4.79 Å². The van der Waals surface area contributed by atoms with E-state index in [2.05, 4.69) is 0 Å². The fourth-order valence-corrected chi connectivity index (χ4v) is 1.12. The molecule has 1 aromatic rings. The van der Waals surface area contributed by atoms with Crippen LogP contribution in [0.3, 0.4) is 0 Å². The number of para-hydroxylation sites is 1. The van der Waals surface area contributed by atoms with Crippen LogP contribution in [0.2, 0.25) is 0 Å². The van der Waals surface area contributed by atoms with E-state index in [1.54, 1.807) is 6.92 Å². The highest BCUT2D eigenvalue weighted by atomic mass is 16.5. The van der Waals surface area contributed by atoms with Gasteiger partial charge in [-0.2, -0.15) is 0 Å². The van der Waals surface area contributed by atoms with Gasteiger partial charge in [-0.05, 0) is 25.1 Å². The van der Waals surface area contributed by atoms with Gasteiger partial charge in [0.05, 0.1) is 13.2 Å². The first-order valence-electron chi connectivity index (χ1n) is 5.44. The van der Waals surface area contributed by atoms with Crippen molar-refractivity contribution in [2.24, 2.45) is 0 Å². The number of hydrogen-bond donors (Lipinski definition) is 1. The molecule has 0 unspecified atom stereocenters. The highest BCUT2D eigenvalue weighted by molar-refractivity contribution is 5.85. The minimum absolute atomic E-state index is 0.226. The van der Waals surface area contributed by atoms with Crippen molar-refractivity contribution < 1.29 is 19.4 Å². The van der Waals surface area contributed by atoms with Gasteiger partial charge in [0.25, 0.3) is 0 Å². The Kier molecular flexibility index (Phi) is 5.64. The van der Waals surface area contributed by atoms with Gasteiger partial charge in [0, 0.05) is 6.42 Å². The standard InChI is InChI=1S/C13H16O4/c1-2-12(14)13(15)17-10-6-9-16-11-7-4-3-5-8-11/h2-5,7-8,14H,6,9-10H2,1H3. The van der Waals surface area contributed by atoms with Crippen LogP contribution in [0.25, 0.3) is 0 Å². The third-order valence-corrected chi connectivity index (χ3v) is 2.02. The van der Waals surface area contributed by atoms with E-state index in [4.69, 9.17) is 14.6 Å². The quantitative estimate of drug-likeness (QED) is 0.357. The lowest BCUT2D eigenvalue weighted by Gasteiger charge is -2.06. The SMILES string of the molecule is CC=C(O)C(=O)OCCCOc1ccccc1. The molecule has 1 aromatic carbocycles. The molecule has 0 atom stereocenters. The number of carbonyl (C=O) groups is 1. The molecule has 0 bridgehead atoms. The first kappa shape index (κ1) is 13.1. The van der Waals surface area contributed by atoms with Crippen molar-refractivity contribution in [2.45, 2.75) is 13.3 Å². The third kappa shape index (κ3) is 5.06. The molecule has 0 aliphatic rings. The molecule has 1 rings (SSSR count). The highest BCUT2D eigenvalue weighted by Crippen LogP contribution is 2.08. The molecule has 0 heterocycles. The number of benzene rings is 1. The Morgan fingerprint density at radius 2 is 2.00 bits per heavy atom. The predicted molar refractivity (Wildman–Crippen MR) is 63.9 cm³/mol. The molecule has 0 aliphatic carbocycles. The fourth-order valence-electron chi connectivity index (χ4n) is 1.12. The Balaban J connectivity index is 2.11. The second kappa shape index (κ2) is 7.33. The maximum Gasteiger partial charge on any atom is 0.373 e. The van der Waals surface area contributed by atoms with Gasteiger partial charge in [-0.1, -0.05) is 18.2 Å². The Hall–Kier alpha value is -1.97. The Morgan fingerprint density at radius 3 is 2.65 bits per heavy atom. The van der Waals surface area contributed by atoms with Gasteiger partial charge < -0.3 is 14.6 Å². The first-order chi connectivity index (χ1) is 8.24. The van der Waals surface area contributed by atoms with Gasteiger partial charge in [0.15, 0.2) is 5.76 Å². The summed E-state index contributed by atoms with van der Waals surface area (Å²) >= 11 is 0. The number of carbonyl (C=O) groups excluding carboxylic acids is 1. The summed E-state index contributed by atoms with van der Waals surface area (Å²) in [7, 11) is 0. The minimum atomic E-state index is -0.702. The largest absolute Gasteiger partial charge is 0.502 e. The number of allylic oxidation sites excluding steroid dienone is 1. The normalized spacial score (nSPS) is 11.0. The van der Waals surface area contributed by atoms with Crippen LogP contribution in [0.5, 0.6) is 5.75 Å². The van der Waals surface area contributed by atoms with Crippen LogP contribution in [0.1, 0.15) is 13.3 Å². The molecule has 0 radical (unpaired) electrons. The van der Waals surface area contributed by atoms with E-state index in [9.17, 15) is 4.79 Å². The number of rotatable bonds is 6. The Morgan fingerprint density at radius 1 is 1.29 bits per heavy atom. The summed E-state index contributed by atoms with van der Waals surface area (Å²) in [6, 6.07) is 9.41. The van der Waals surface area contributed by atoms with E-state index in [0.29, 0.717) is 13.0 Å². The van der Waals surface area contributed by atoms with Crippen LogP contribution in [-0.2, 0) is 9.53 Å². The summed E-state index contributed by atoms with van der Waals surface area (Å²) in [5, 5.41) is 9.02. The molecule has 1 N–H and O–H groups in total. The van der Waals surface area contributed by atoms with E-state index in [-0.39, 0.29) is 12.4 Å². The Bertz CT molecular complexity index is 370. The molecular weight excluding hydrogens is 220 g/mol. The van der Waals surface area contributed by atoms with Crippen molar-refractivity contribution in [1.29, 1.82) is 0 Å². The lowest BCUT2D eigenvalue weighted by Crippen LogP contribution is -2.10. The zero-order chi connectivity index (χ0) is 12.5. The zero-order valence-corrected chi connectivity index (χ0v) is 9.76. The van der Waals surface area contributed by atoms with Crippen LogP contribution in [0, 0.1) is 0 Å². The molecule has 0 aromatic heterocycles. The van der Waals surface area contributed by atoms with Crippen molar-refractivity contribution in [1.82, 2.24) is 0 Å². The molecule has 92 valence electrons. The van der Waals surface area contributed by atoms with Crippen molar-refractivity contribution in [3.05, 3.63) is 42.2 Å². The Labute approximate surface area is 100 Å². The van der Waals surface area contributed by atoms with E-state index in [0.717, 1.165) is 5.75 Å². The molecule has 0 aliphatic heterocycles. The first-order valence-corrected chi connectivity index (χ1v) is 5.44. The van der Waals surface area contributed by atoms with E-state index >= 15 is 0 Å². The van der Waals surface area contributed by atoms with Gasteiger partial charge in [-0.3, -0.25) is 0 Å². The molecule has 0 fully saturated rings. The van der Waals surface area contributed by atoms with Gasteiger partial charge in [-0.15, -0.1) is 0 Å². The summed E-state index contributed by atoms with van der Waals surface area (Å²) < 4.78 is 10.2. The van der Waals surface area contributed by atoms with Gasteiger partial charge in [0.2, 0.25) is 0 Å². The molecule has 0 spiro atoms. The minimum Gasteiger partial charge on any atom is -0.502 e. The summed E-state index contributed by atoms with van der Waals surface area (Å²) in [5.41, 5.74) is 0. The second-order valence-electron chi connectivity index (χ2n) is 3.32. The smallest absolute Gasteiger partial charge is 0.373 e. The zero-order valence-electron chi connectivity index (χ0n) is 9.76. The van der Waals surface area contributed by atoms with Crippen LogP contribution in [0.15, 0.2) is 42.2 Å². The van der Waals surface area contributed by atoms with Gasteiger partial charge >= 0.3 is 5.97 Å². The highest BCUT2D eigenvalue weighted by Gasteiger charge is 2.06. The third-order valence-electron chi connectivity index (χ3n) is 2.02. The predicted octanol–water partition coefficient (Wildman–Crippen LogP) is 2.46. The summed E-state index contributed by atoms with van der Waals surface area (Å²) in [6.45, 7) is 2.26. The lowest BCUT2D eigenvalue weighted by molar-refractivity contribution is -0.142. The van der Waals surface area contributed by atoms with Crippen molar-refractivity contribution in [3.8, 4) is 5.75 Å². The second-order valence-corrected chi connectivity index (χ2v) is 3.32. The molecule has 17 heavy (non-hydrogen) atoms. The van der Waals surface area contributed by atoms with E-state index < -0.39 is 5.97 Å². The molecule has 0 amide bonds. The number of aliphatic hydroxyl groups excluding tert-OH is 1. The lowest BCUT2D eigenvalue weighted by atomic mass is 10.3. The summed E-state index contributed by atoms with van der Waals surface area (Å²) in [6.07, 6.45) is 1.88. The van der Waals surface area contributed by atoms with Crippen molar-refractivity contribution in [3.63, 3.8) is 0 Å². The molecule has 0 saturated carbocycles. The molecular formula is C13H16O4.